The molecule has 1 unspecified atom stereocenters. The highest BCUT2D eigenvalue weighted by molar-refractivity contribution is 7.89. The molecule has 1 rings (SSSR count). The van der Waals surface area contributed by atoms with Gasteiger partial charge in [0, 0.05) is 26.1 Å². The highest BCUT2D eigenvalue weighted by Crippen LogP contribution is 2.04. The minimum absolute atomic E-state index is 0.0771. The molecule has 1 N–H and O–H groups in total. The fourth-order valence-electron chi connectivity index (χ4n) is 1.99. The molecule has 1 saturated heterocycles. The molecule has 1 atom stereocenters. The van der Waals surface area contributed by atoms with Crippen LogP contribution in [0.2, 0.25) is 0 Å². The summed E-state index contributed by atoms with van der Waals surface area (Å²) in [5, 5.41) is 0. The first-order chi connectivity index (χ1) is 9.46. The minimum atomic E-state index is -3.37. The third-order valence-electron chi connectivity index (χ3n) is 3.22. The van der Waals surface area contributed by atoms with Gasteiger partial charge in [-0.15, -0.1) is 0 Å². The van der Waals surface area contributed by atoms with Crippen molar-refractivity contribution >= 4 is 16.0 Å². The lowest BCUT2D eigenvalue weighted by Crippen LogP contribution is -2.47. The number of nitrogens with zero attached hydrogens (tertiary/aromatic N) is 1. The van der Waals surface area contributed by atoms with Crippen molar-refractivity contribution in [2.45, 2.75) is 25.9 Å². The SMILES string of the molecule is CCN1CCOC(CNS(=O)(=O)CCCC(=O)OC)C1. The molecule has 0 spiro atoms. The molecule has 0 aliphatic carbocycles. The van der Waals surface area contributed by atoms with Crippen molar-refractivity contribution in [3.63, 3.8) is 0 Å². The van der Waals surface area contributed by atoms with Gasteiger partial charge in [-0.2, -0.15) is 0 Å². The van der Waals surface area contributed by atoms with E-state index in [9.17, 15) is 13.2 Å². The molecule has 1 heterocycles. The normalized spacial score (nSPS) is 20.8. The molecule has 8 heteroatoms. The smallest absolute Gasteiger partial charge is 0.305 e. The molecule has 0 amide bonds. The first-order valence-corrected chi connectivity index (χ1v) is 8.50. The van der Waals surface area contributed by atoms with Crippen molar-refractivity contribution < 1.29 is 22.7 Å². The number of rotatable bonds is 8. The Bertz CT molecular complexity index is 399. The molecule has 1 aliphatic rings. The second-order valence-electron chi connectivity index (χ2n) is 4.73. The number of ether oxygens (including phenoxy) is 2. The van der Waals surface area contributed by atoms with Crippen LogP contribution in [0.1, 0.15) is 19.8 Å². The Morgan fingerprint density at radius 3 is 2.90 bits per heavy atom. The van der Waals surface area contributed by atoms with E-state index in [-0.39, 0.29) is 31.2 Å². The Hall–Kier alpha value is -0.700. The van der Waals surface area contributed by atoms with Gasteiger partial charge in [-0.1, -0.05) is 6.92 Å². The molecule has 0 aromatic heterocycles. The van der Waals surface area contributed by atoms with E-state index in [2.05, 4.69) is 21.3 Å². The zero-order chi connectivity index (χ0) is 15.0. The molecule has 0 saturated carbocycles. The molecule has 0 bridgehead atoms. The van der Waals surface area contributed by atoms with Gasteiger partial charge in [0.15, 0.2) is 0 Å². The van der Waals surface area contributed by atoms with Crippen LogP contribution in [0.25, 0.3) is 0 Å². The quantitative estimate of drug-likeness (QED) is 0.613. The fourth-order valence-corrected chi connectivity index (χ4v) is 3.10. The van der Waals surface area contributed by atoms with E-state index in [1.807, 2.05) is 0 Å². The fraction of sp³-hybridized carbons (Fsp3) is 0.917. The summed E-state index contributed by atoms with van der Waals surface area (Å²) in [4.78, 5) is 13.1. The van der Waals surface area contributed by atoms with E-state index in [1.165, 1.54) is 7.11 Å². The number of esters is 1. The second-order valence-corrected chi connectivity index (χ2v) is 6.66. The molecule has 7 nitrogen and oxygen atoms in total. The molecule has 0 aromatic carbocycles. The molecule has 20 heavy (non-hydrogen) atoms. The van der Waals surface area contributed by atoms with Gasteiger partial charge in [0.1, 0.15) is 0 Å². The first-order valence-electron chi connectivity index (χ1n) is 6.85. The second kappa shape index (κ2) is 8.56. The van der Waals surface area contributed by atoms with Gasteiger partial charge < -0.3 is 9.47 Å². The number of carbonyl (C=O) groups excluding carboxylic acids is 1. The van der Waals surface area contributed by atoms with E-state index >= 15 is 0 Å². The summed E-state index contributed by atoms with van der Waals surface area (Å²) >= 11 is 0. The van der Waals surface area contributed by atoms with Crippen LogP contribution in [0.4, 0.5) is 0 Å². The first kappa shape index (κ1) is 17.4. The maximum absolute atomic E-state index is 11.8. The van der Waals surface area contributed by atoms with Crippen molar-refractivity contribution in [3.8, 4) is 0 Å². The minimum Gasteiger partial charge on any atom is -0.469 e. The Labute approximate surface area is 120 Å². The van der Waals surface area contributed by atoms with Crippen molar-refractivity contribution in [2.24, 2.45) is 0 Å². The van der Waals surface area contributed by atoms with Crippen molar-refractivity contribution in [1.82, 2.24) is 9.62 Å². The number of nitrogens with one attached hydrogen (secondary N) is 1. The largest absolute Gasteiger partial charge is 0.469 e. The van der Waals surface area contributed by atoms with Gasteiger partial charge in [-0.05, 0) is 13.0 Å². The molecule has 0 aromatic rings. The predicted octanol–water partition coefficient (Wildman–Crippen LogP) is -0.420. The lowest BCUT2D eigenvalue weighted by atomic mass is 10.3. The Morgan fingerprint density at radius 2 is 2.25 bits per heavy atom. The van der Waals surface area contributed by atoms with Gasteiger partial charge in [-0.25, -0.2) is 13.1 Å². The van der Waals surface area contributed by atoms with E-state index in [0.717, 1.165) is 19.6 Å². The zero-order valence-electron chi connectivity index (χ0n) is 12.1. The molecular weight excluding hydrogens is 284 g/mol. The summed E-state index contributed by atoms with van der Waals surface area (Å²) in [6, 6.07) is 0. The zero-order valence-corrected chi connectivity index (χ0v) is 12.9. The standard InChI is InChI=1S/C12H24N2O5S/c1-3-14-6-7-19-11(10-14)9-13-20(16,17)8-4-5-12(15)18-2/h11,13H,3-10H2,1-2H3. The summed E-state index contributed by atoms with van der Waals surface area (Å²) in [7, 11) is -2.08. The number of hydrogen-bond acceptors (Lipinski definition) is 6. The number of carbonyl (C=O) groups is 1. The Morgan fingerprint density at radius 1 is 1.50 bits per heavy atom. The molecular formula is C12H24N2O5S. The van der Waals surface area contributed by atoms with Gasteiger partial charge in [0.2, 0.25) is 10.0 Å². The maximum Gasteiger partial charge on any atom is 0.305 e. The van der Waals surface area contributed by atoms with Crippen LogP contribution in [0.5, 0.6) is 0 Å². The highest BCUT2D eigenvalue weighted by atomic mass is 32.2. The van der Waals surface area contributed by atoms with Crippen molar-refractivity contribution in [2.75, 3.05) is 45.6 Å². The van der Waals surface area contributed by atoms with E-state index in [4.69, 9.17) is 4.74 Å². The molecule has 0 radical (unpaired) electrons. The summed E-state index contributed by atoms with van der Waals surface area (Å²) in [6.07, 6.45) is 0.259. The summed E-state index contributed by atoms with van der Waals surface area (Å²) in [5.41, 5.74) is 0. The Balaban J connectivity index is 2.26. The molecule has 1 aliphatic heterocycles. The van der Waals surface area contributed by atoms with Crippen LogP contribution in [0.15, 0.2) is 0 Å². The van der Waals surface area contributed by atoms with Crippen molar-refractivity contribution in [1.29, 1.82) is 0 Å². The van der Waals surface area contributed by atoms with Gasteiger partial charge in [0.25, 0.3) is 0 Å². The van der Waals surface area contributed by atoms with Crippen LogP contribution in [0.3, 0.4) is 0 Å². The van der Waals surface area contributed by atoms with E-state index < -0.39 is 16.0 Å². The monoisotopic (exact) mass is 308 g/mol. The molecule has 118 valence electrons. The van der Waals surface area contributed by atoms with Crippen molar-refractivity contribution in [3.05, 3.63) is 0 Å². The number of sulfonamides is 1. The number of likely N-dealkylation sites (N-methyl/N-ethyl adjacent to an activating group) is 1. The Kier molecular flexibility index (Phi) is 7.42. The molecule has 1 fully saturated rings. The van der Waals surface area contributed by atoms with Gasteiger partial charge >= 0.3 is 5.97 Å². The predicted molar refractivity (Wildman–Crippen MR) is 74.9 cm³/mol. The lowest BCUT2D eigenvalue weighted by molar-refractivity contribution is -0.140. The maximum atomic E-state index is 11.8. The van der Waals surface area contributed by atoms with Gasteiger partial charge in [-0.3, -0.25) is 9.69 Å². The van der Waals surface area contributed by atoms with Crippen LogP contribution in [0, 0.1) is 0 Å². The average Bonchev–Trinajstić information content (AvgIpc) is 2.45. The third kappa shape index (κ3) is 6.65. The number of morpholine rings is 1. The lowest BCUT2D eigenvalue weighted by Gasteiger charge is -2.32. The van der Waals surface area contributed by atoms with Crippen LogP contribution in [-0.4, -0.2) is 71.0 Å². The van der Waals surface area contributed by atoms with E-state index in [1.54, 1.807) is 0 Å². The summed E-state index contributed by atoms with van der Waals surface area (Å²) in [6.45, 7) is 5.53. The van der Waals surface area contributed by atoms with E-state index in [0.29, 0.717) is 6.61 Å². The van der Waals surface area contributed by atoms with Crippen LogP contribution < -0.4 is 4.72 Å². The van der Waals surface area contributed by atoms with Crippen LogP contribution in [-0.2, 0) is 24.3 Å². The van der Waals surface area contributed by atoms with Gasteiger partial charge in [0.05, 0.1) is 25.6 Å². The summed E-state index contributed by atoms with van der Waals surface area (Å²) < 4.78 is 36.0. The topological polar surface area (TPSA) is 84.9 Å². The summed E-state index contributed by atoms with van der Waals surface area (Å²) in [5.74, 6) is -0.471. The average molecular weight is 308 g/mol. The third-order valence-corrected chi connectivity index (χ3v) is 4.66. The number of methoxy groups -OCH3 is 1. The highest BCUT2D eigenvalue weighted by Gasteiger charge is 2.21. The van der Waals surface area contributed by atoms with Crippen LogP contribution >= 0.6 is 0 Å². The number of hydrogen-bond donors (Lipinski definition) is 1.